The number of carbonyl (C=O) groups is 6. The molecule has 58 heavy (non-hydrogen) atoms. The zero-order valence-electron chi connectivity index (χ0n) is 33.9. The number of nitrogens with one attached hydrogen (secondary N) is 6. The highest BCUT2D eigenvalue weighted by Crippen LogP contribution is 2.21. The molecule has 0 saturated carbocycles. The third-order valence-electron chi connectivity index (χ3n) is 9.00. The Morgan fingerprint density at radius 1 is 0.448 bits per heavy atom. The molecule has 0 aliphatic heterocycles. The maximum Gasteiger partial charge on any atom is 0.272 e. The van der Waals surface area contributed by atoms with Crippen molar-refractivity contribution in [3.8, 4) is 0 Å². The Morgan fingerprint density at radius 2 is 0.724 bits per heavy atom. The summed E-state index contributed by atoms with van der Waals surface area (Å²) in [5.74, 6) is -2.06. The molecular formula is C40H58N12O6. The van der Waals surface area contributed by atoms with Crippen LogP contribution in [0.15, 0.2) is 49.1 Å². The number of amides is 6. The number of rotatable bonds is 23. The van der Waals surface area contributed by atoms with Gasteiger partial charge in [0.25, 0.3) is 23.6 Å². The van der Waals surface area contributed by atoms with Crippen LogP contribution in [0.1, 0.15) is 108 Å². The largest absolute Gasteiger partial charge is 0.351 e. The summed E-state index contributed by atoms with van der Waals surface area (Å²) in [4.78, 5) is 76.8. The molecule has 0 spiro atoms. The molecule has 0 aromatic carbocycles. The van der Waals surface area contributed by atoms with Crippen LogP contribution in [0, 0.1) is 0 Å². The summed E-state index contributed by atoms with van der Waals surface area (Å²) in [7, 11) is 0. The molecule has 0 aliphatic rings. The summed E-state index contributed by atoms with van der Waals surface area (Å²) in [5.41, 5.74) is 14.3. The van der Waals surface area contributed by atoms with Gasteiger partial charge in [-0.05, 0) is 62.8 Å². The van der Waals surface area contributed by atoms with Crippen LogP contribution in [-0.4, -0.2) is 79.9 Å². The van der Waals surface area contributed by atoms with Crippen molar-refractivity contribution in [2.45, 2.75) is 92.4 Å². The SMILES string of the molecule is CCCn1cc(NC(=O)c2cc(NC(=O)CN)cn2CCC)cc1C(=O)NCCCCNC(=O)c1cc(NC(=O)c2cc(NC(=O)CN)cn2CCC)cn1CCC. The molecule has 0 fully saturated rings. The second-order valence-corrected chi connectivity index (χ2v) is 13.9. The third kappa shape index (κ3) is 12.2. The van der Waals surface area contributed by atoms with Crippen LogP contribution in [-0.2, 0) is 35.8 Å². The average molecular weight is 803 g/mol. The number of anilines is 4. The van der Waals surface area contributed by atoms with Crippen LogP contribution in [0.4, 0.5) is 22.7 Å². The van der Waals surface area contributed by atoms with Gasteiger partial charge in [-0.2, -0.15) is 0 Å². The van der Waals surface area contributed by atoms with Crippen molar-refractivity contribution >= 4 is 58.2 Å². The lowest BCUT2D eigenvalue weighted by Crippen LogP contribution is -2.29. The van der Waals surface area contributed by atoms with E-state index in [9.17, 15) is 28.8 Å². The highest BCUT2D eigenvalue weighted by atomic mass is 16.2. The molecule has 0 atom stereocenters. The van der Waals surface area contributed by atoms with Crippen LogP contribution < -0.4 is 43.4 Å². The summed E-state index contributed by atoms with van der Waals surface area (Å²) in [6.07, 6.45) is 11.1. The first-order valence-electron chi connectivity index (χ1n) is 19.9. The van der Waals surface area contributed by atoms with Gasteiger partial charge in [0.05, 0.1) is 35.8 Å². The van der Waals surface area contributed by atoms with Crippen molar-refractivity contribution in [3.05, 3.63) is 71.8 Å². The van der Waals surface area contributed by atoms with E-state index in [1.807, 2.05) is 27.7 Å². The number of carbonyl (C=O) groups excluding carboxylic acids is 6. The van der Waals surface area contributed by atoms with E-state index in [0.29, 0.717) is 97.6 Å². The maximum atomic E-state index is 13.3. The maximum absolute atomic E-state index is 13.3. The minimum absolute atomic E-state index is 0.175. The molecule has 6 amide bonds. The fraction of sp³-hybridized carbons (Fsp3) is 0.450. The van der Waals surface area contributed by atoms with Crippen LogP contribution >= 0.6 is 0 Å². The monoisotopic (exact) mass is 802 g/mol. The average Bonchev–Trinajstić information content (AvgIpc) is 3.99. The predicted molar refractivity (Wildman–Crippen MR) is 224 cm³/mol. The van der Waals surface area contributed by atoms with Gasteiger partial charge in [-0.1, -0.05) is 27.7 Å². The van der Waals surface area contributed by atoms with E-state index in [-0.39, 0.29) is 48.5 Å². The van der Waals surface area contributed by atoms with E-state index in [1.54, 1.807) is 67.3 Å². The number of aryl methyl sites for hydroxylation is 4. The summed E-state index contributed by atoms with van der Waals surface area (Å²) >= 11 is 0. The molecule has 18 heteroatoms. The van der Waals surface area contributed by atoms with Gasteiger partial charge in [0, 0.05) is 64.1 Å². The molecule has 0 aliphatic carbocycles. The second-order valence-electron chi connectivity index (χ2n) is 13.9. The first-order valence-corrected chi connectivity index (χ1v) is 19.9. The zero-order valence-corrected chi connectivity index (χ0v) is 33.9. The fourth-order valence-corrected chi connectivity index (χ4v) is 6.43. The number of nitrogens with two attached hydrogens (primary N) is 2. The molecule has 0 unspecified atom stereocenters. The van der Waals surface area contributed by atoms with Gasteiger partial charge in [-0.15, -0.1) is 0 Å². The van der Waals surface area contributed by atoms with Crippen molar-refractivity contribution in [1.29, 1.82) is 0 Å². The van der Waals surface area contributed by atoms with Gasteiger partial charge in [-0.3, -0.25) is 28.8 Å². The molecule has 0 bridgehead atoms. The van der Waals surface area contributed by atoms with Crippen LogP contribution in [0.3, 0.4) is 0 Å². The Balaban J connectivity index is 1.30. The summed E-state index contributed by atoms with van der Waals surface area (Å²) in [6.45, 7) is 10.6. The highest BCUT2D eigenvalue weighted by molar-refractivity contribution is 6.06. The minimum Gasteiger partial charge on any atom is -0.351 e. The van der Waals surface area contributed by atoms with Gasteiger partial charge in [0.1, 0.15) is 22.8 Å². The van der Waals surface area contributed by atoms with Crippen LogP contribution in [0.25, 0.3) is 0 Å². The zero-order chi connectivity index (χ0) is 42.2. The van der Waals surface area contributed by atoms with E-state index in [2.05, 4.69) is 31.9 Å². The molecule has 4 aromatic rings. The Morgan fingerprint density at radius 3 is 1.00 bits per heavy atom. The first-order chi connectivity index (χ1) is 27.9. The van der Waals surface area contributed by atoms with E-state index in [1.165, 1.54) is 0 Å². The van der Waals surface area contributed by atoms with E-state index >= 15 is 0 Å². The molecule has 4 aromatic heterocycles. The van der Waals surface area contributed by atoms with Crippen LogP contribution in [0.5, 0.6) is 0 Å². The Kier molecular flexibility index (Phi) is 16.9. The van der Waals surface area contributed by atoms with Gasteiger partial charge < -0.3 is 61.6 Å². The second kappa shape index (κ2) is 22.0. The fourth-order valence-electron chi connectivity index (χ4n) is 6.43. The smallest absolute Gasteiger partial charge is 0.272 e. The third-order valence-corrected chi connectivity index (χ3v) is 9.00. The van der Waals surface area contributed by atoms with Crippen molar-refractivity contribution < 1.29 is 28.8 Å². The van der Waals surface area contributed by atoms with Crippen molar-refractivity contribution in [2.24, 2.45) is 11.5 Å². The lowest BCUT2D eigenvalue weighted by molar-refractivity contribution is -0.115. The van der Waals surface area contributed by atoms with Crippen molar-refractivity contribution in [3.63, 3.8) is 0 Å². The van der Waals surface area contributed by atoms with E-state index < -0.39 is 0 Å². The quantitative estimate of drug-likeness (QED) is 0.0512. The molecule has 4 rings (SSSR count). The summed E-state index contributed by atoms with van der Waals surface area (Å²) < 4.78 is 7.13. The lowest BCUT2D eigenvalue weighted by Gasteiger charge is -2.10. The van der Waals surface area contributed by atoms with Crippen molar-refractivity contribution in [1.82, 2.24) is 28.9 Å². The molecular weight excluding hydrogens is 745 g/mol. The Labute approximate surface area is 338 Å². The standard InChI is InChI=1S/C40H58N12O6/c1-5-13-49-25-29(47-39(57)33-17-27(45-35(53)21-41)23-51(33)15-7-3)19-31(49)37(55)43-11-9-10-12-44-38(56)32-20-30(26-50(32)14-6-2)48-40(58)34-18-28(46-36(54)22-42)24-52(34)16-8-4/h17-20,23-26H,5-16,21-22,41-42H2,1-4H3,(H,43,55)(H,44,56)(H,45,53)(H,46,54)(H,47,57)(H,48,58). The number of hydrogen-bond acceptors (Lipinski definition) is 8. The number of aromatic nitrogens is 4. The van der Waals surface area contributed by atoms with E-state index in [0.717, 1.165) is 25.7 Å². The highest BCUT2D eigenvalue weighted by Gasteiger charge is 2.20. The first kappa shape index (κ1) is 44.6. The molecule has 10 N–H and O–H groups in total. The topological polar surface area (TPSA) is 246 Å². The van der Waals surface area contributed by atoms with Crippen molar-refractivity contribution in [2.75, 3.05) is 47.4 Å². The molecule has 18 nitrogen and oxygen atoms in total. The normalized spacial score (nSPS) is 10.9. The number of unbranched alkanes of at least 4 members (excludes halogenated alkanes) is 1. The number of hydrogen-bond donors (Lipinski definition) is 8. The summed E-state index contributed by atoms with van der Waals surface area (Å²) in [6, 6.07) is 6.46. The van der Waals surface area contributed by atoms with Gasteiger partial charge in [-0.25, -0.2) is 0 Å². The van der Waals surface area contributed by atoms with Gasteiger partial charge >= 0.3 is 0 Å². The van der Waals surface area contributed by atoms with Gasteiger partial charge in [0.15, 0.2) is 0 Å². The summed E-state index contributed by atoms with van der Waals surface area (Å²) in [5, 5.41) is 17.0. The lowest BCUT2D eigenvalue weighted by atomic mass is 10.2. The van der Waals surface area contributed by atoms with E-state index in [4.69, 9.17) is 11.5 Å². The number of nitrogens with zero attached hydrogens (tertiary/aromatic N) is 4. The van der Waals surface area contributed by atoms with Gasteiger partial charge in [0.2, 0.25) is 11.8 Å². The minimum atomic E-state index is -0.379. The molecule has 4 heterocycles. The molecule has 0 saturated heterocycles. The predicted octanol–water partition coefficient (Wildman–Crippen LogP) is 3.77. The Hall–Kier alpha value is -6.14. The van der Waals surface area contributed by atoms with Crippen LogP contribution in [0.2, 0.25) is 0 Å². The molecule has 0 radical (unpaired) electrons. The Bertz CT molecular complexity index is 1910. The molecule has 314 valence electrons.